The van der Waals surface area contributed by atoms with E-state index in [2.05, 4.69) is 75.4 Å². The van der Waals surface area contributed by atoms with Gasteiger partial charge in [0, 0.05) is 39.3 Å². The van der Waals surface area contributed by atoms with Crippen molar-refractivity contribution in [2.24, 2.45) is 0 Å². The molecule has 2 aromatic carbocycles. The zero-order valence-corrected chi connectivity index (χ0v) is 23.8. The third kappa shape index (κ3) is 8.84. The van der Waals surface area contributed by atoms with Crippen molar-refractivity contribution in [3.63, 3.8) is 0 Å². The Balaban J connectivity index is 0.00000456. The van der Waals surface area contributed by atoms with Crippen molar-refractivity contribution in [1.29, 1.82) is 0 Å². The quantitative estimate of drug-likeness (QED) is 0.117. The Morgan fingerprint density at radius 3 is 1.94 bits per heavy atom. The molecule has 0 amide bonds. The first-order valence-electron chi connectivity index (χ1n) is 14.3. The second-order valence-electron chi connectivity index (χ2n) is 10.2. The molecule has 0 fully saturated rings. The summed E-state index contributed by atoms with van der Waals surface area (Å²) >= 11 is 0. The van der Waals surface area contributed by atoms with Crippen LogP contribution in [0.1, 0.15) is 120 Å². The summed E-state index contributed by atoms with van der Waals surface area (Å²) in [5.74, 6) is 0. The molecule has 0 N–H and O–H groups in total. The van der Waals surface area contributed by atoms with E-state index in [4.69, 9.17) is 0 Å². The summed E-state index contributed by atoms with van der Waals surface area (Å²) < 4.78 is 1.45. The van der Waals surface area contributed by atoms with Crippen molar-refractivity contribution in [2.75, 3.05) is 0 Å². The van der Waals surface area contributed by atoms with Gasteiger partial charge in [0.15, 0.2) is 0 Å². The molecule has 0 saturated heterocycles. The molecule has 0 atom stereocenters. The third-order valence-corrected chi connectivity index (χ3v) is 7.19. The van der Waals surface area contributed by atoms with Crippen molar-refractivity contribution in [3.05, 3.63) is 88.0 Å². The van der Waals surface area contributed by atoms with Gasteiger partial charge in [0.2, 0.25) is 11.4 Å². The molecule has 1 aliphatic rings. The summed E-state index contributed by atoms with van der Waals surface area (Å²) in [6.45, 7) is 6.75. The molecular formula is C33H46N2Ni. The minimum atomic E-state index is 0. The maximum Gasteiger partial charge on any atom is 0.210 e. The molecule has 0 aromatic heterocycles. The minimum Gasteiger partial charge on any atom is -0.493 e. The van der Waals surface area contributed by atoms with E-state index < -0.39 is 0 Å². The zero-order chi connectivity index (χ0) is 24.9. The largest absolute Gasteiger partial charge is 0.493 e. The van der Waals surface area contributed by atoms with E-state index in [9.17, 15) is 5.53 Å². The molecule has 0 spiro atoms. The van der Waals surface area contributed by atoms with Crippen molar-refractivity contribution < 1.29 is 21.2 Å². The van der Waals surface area contributed by atoms with Crippen molar-refractivity contribution in [2.45, 2.75) is 111 Å². The molecule has 1 heterocycles. The zero-order valence-electron chi connectivity index (χ0n) is 22.8. The second kappa shape index (κ2) is 16.7. The van der Waals surface area contributed by atoms with Crippen LogP contribution in [-0.4, -0.2) is 4.70 Å². The van der Waals surface area contributed by atoms with Crippen molar-refractivity contribution in [3.8, 4) is 0 Å². The molecule has 1 aliphatic heterocycles. The monoisotopic (exact) mass is 528 g/mol. The van der Waals surface area contributed by atoms with Crippen LogP contribution in [-0.2, 0) is 29.3 Å². The Kier molecular flexibility index (Phi) is 14.0. The molecule has 3 rings (SSSR count). The Morgan fingerprint density at radius 1 is 0.611 bits per heavy atom. The van der Waals surface area contributed by atoms with Gasteiger partial charge in [-0.3, -0.25) is 0 Å². The summed E-state index contributed by atoms with van der Waals surface area (Å²) in [4.78, 5) is 0. The van der Waals surface area contributed by atoms with Gasteiger partial charge in [0.1, 0.15) is 0 Å². The predicted octanol–water partition coefficient (Wildman–Crippen LogP) is 10.3. The molecule has 36 heavy (non-hydrogen) atoms. The number of nitrogens with zero attached hydrogens (tertiary/aromatic N) is 2. The fraction of sp³-hybridized carbons (Fsp3) is 0.515. The van der Waals surface area contributed by atoms with Gasteiger partial charge >= 0.3 is 0 Å². The number of rotatable bonds is 16. The van der Waals surface area contributed by atoms with E-state index in [1.807, 2.05) is 0 Å². The van der Waals surface area contributed by atoms with Gasteiger partial charge in [-0.15, -0.1) is 0 Å². The standard InChI is InChI=1S/C33H46N2.Ni/c1-4-7-10-11-12-14-17-28-18-15-20-30(25-28)32-26-31(19-9-6-3)33(35(32)34)29-23-21-27(22-24-29)16-13-8-5-2;/h15,18,20-26H,4-14,16-17,19H2,1-3H3;. The van der Waals surface area contributed by atoms with Gasteiger partial charge < -0.3 is 5.53 Å². The molecular weight excluding hydrogens is 483 g/mol. The molecule has 0 aliphatic carbocycles. The normalized spacial score (nSPS) is 13.2. The molecule has 0 radical (unpaired) electrons. The summed E-state index contributed by atoms with van der Waals surface area (Å²) in [6, 6.07) is 17.6. The summed E-state index contributed by atoms with van der Waals surface area (Å²) in [5, 5.41) is 0. The van der Waals surface area contributed by atoms with Gasteiger partial charge in [-0.25, -0.2) is 4.70 Å². The fourth-order valence-electron chi connectivity index (χ4n) is 5.03. The second-order valence-corrected chi connectivity index (χ2v) is 10.2. The molecule has 2 nitrogen and oxygen atoms in total. The molecule has 2 aromatic rings. The van der Waals surface area contributed by atoms with Crippen LogP contribution in [0.3, 0.4) is 0 Å². The number of benzene rings is 2. The van der Waals surface area contributed by atoms with Crippen LogP contribution in [0.5, 0.6) is 0 Å². The maximum atomic E-state index is 11.4. The van der Waals surface area contributed by atoms with Crippen LogP contribution in [0.15, 0.2) is 60.2 Å². The van der Waals surface area contributed by atoms with Gasteiger partial charge in [0.05, 0.1) is 0 Å². The first-order chi connectivity index (χ1) is 17.2. The van der Waals surface area contributed by atoms with Crippen LogP contribution in [0.25, 0.3) is 16.9 Å². The van der Waals surface area contributed by atoms with Crippen LogP contribution in [0.2, 0.25) is 0 Å². The number of hydrogen-bond acceptors (Lipinski definition) is 0. The molecule has 0 bridgehead atoms. The molecule has 3 heteroatoms. The fourth-order valence-corrected chi connectivity index (χ4v) is 5.03. The van der Waals surface area contributed by atoms with E-state index in [1.165, 1.54) is 79.2 Å². The van der Waals surface area contributed by atoms with Crippen molar-refractivity contribution >= 4 is 11.4 Å². The summed E-state index contributed by atoms with van der Waals surface area (Å²) in [6.07, 6.45) is 19.4. The van der Waals surface area contributed by atoms with Crippen LogP contribution in [0.4, 0.5) is 0 Å². The number of allylic oxidation sites excluding steroid dienone is 2. The van der Waals surface area contributed by atoms with Gasteiger partial charge in [0.25, 0.3) is 0 Å². The Morgan fingerprint density at radius 2 is 1.22 bits per heavy atom. The van der Waals surface area contributed by atoms with Gasteiger partial charge in [-0.05, 0) is 73.9 Å². The number of hydrogen-bond donors (Lipinski definition) is 0. The van der Waals surface area contributed by atoms with Crippen LogP contribution >= 0.6 is 0 Å². The van der Waals surface area contributed by atoms with Crippen molar-refractivity contribution in [1.82, 2.24) is 0 Å². The van der Waals surface area contributed by atoms with Crippen LogP contribution in [0, 0.1) is 0 Å². The average Bonchev–Trinajstić information content (AvgIpc) is 3.21. The van der Waals surface area contributed by atoms with Crippen LogP contribution < -0.4 is 0 Å². The smallest absolute Gasteiger partial charge is 0.210 e. The van der Waals surface area contributed by atoms with E-state index in [0.717, 1.165) is 54.6 Å². The SMILES string of the molecule is CCCCCCCCc1cccc(C2=CC(CCCC)=C(c3ccc(CCCCC)cc3)[N+]2=[N-])c1.[Ni]. The third-order valence-electron chi connectivity index (χ3n) is 7.19. The van der Waals surface area contributed by atoms with E-state index in [0.29, 0.717) is 0 Å². The number of unbranched alkanes of at least 4 members (excludes halogenated alkanes) is 8. The Bertz CT molecular complexity index is 1000. The summed E-state index contributed by atoms with van der Waals surface area (Å²) in [7, 11) is 0. The predicted molar refractivity (Wildman–Crippen MR) is 151 cm³/mol. The van der Waals surface area contributed by atoms with E-state index in [1.54, 1.807) is 0 Å². The Hall–Kier alpha value is -1.99. The summed E-state index contributed by atoms with van der Waals surface area (Å²) in [5.41, 5.74) is 19.4. The first-order valence-corrected chi connectivity index (χ1v) is 14.3. The topological polar surface area (TPSA) is 25.3 Å². The van der Waals surface area contributed by atoms with E-state index >= 15 is 0 Å². The van der Waals surface area contributed by atoms with Gasteiger partial charge in [-0.2, -0.15) is 0 Å². The first kappa shape index (κ1) is 30.2. The number of aryl methyl sites for hydroxylation is 2. The average molecular weight is 529 g/mol. The maximum absolute atomic E-state index is 11.4. The van der Waals surface area contributed by atoms with E-state index in [-0.39, 0.29) is 16.5 Å². The molecule has 0 unspecified atom stereocenters. The molecule has 198 valence electrons. The Labute approximate surface area is 230 Å². The van der Waals surface area contributed by atoms with Gasteiger partial charge in [-0.1, -0.05) is 96.4 Å². The molecule has 0 saturated carbocycles. The minimum absolute atomic E-state index is 0.